The van der Waals surface area contributed by atoms with E-state index in [0.29, 0.717) is 29.6 Å². The summed E-state index contributed by atoms with van der Waals surface area (Å²) in [6.07, 6.45) is -4.22. The molecule has 2 amide bonds. The highest BCUT2D eigenvalue weighted by Crippen LogP contribution is 2.39. The van der Waals surface area contributed by atoms with Crippen LogP contribution in [0.2, 0.25) is 0 Å². The lowest BCUT2D eigenvalue weighted by Gasteiger charge is -2.16. The third kappa shape index (κ3) is 4.35. The van der Waals surface area contributed by atoms with E-state index in [1.165, 1.54) is 34.6 Å². The Hall–Kier alpha value is -4.19. The molecule has 0 aliphatic carbocycles. The minimum Gasteiger partial charge on any atom is -0.437 e. The van der Waals surface area contributed by atoms with E-state index >= 15 is 0 Å². The average Bonchev–Trinajstić information content (AvgIpc) is 3.08. The highest BCUT2D eigenvalue weighted by atomic mass is 19.4. The van der Waals surface area contributed by atoms with E-state index in [0.717, 1.165) is 0 Å². The van der Waals surface area contributed by atoms with Gasteiger partial charge in [0, 0.05) is 31.0 Å². The Bertz CT molecular complexity index is 1300. The summed E-state index contributed by atoms with van der Waals surface area (Å²) < 4.78 is 46.4. The van der Waals surface area contributed by atoms with Crippen LogP contribution in [0.3, 0.4) is 0 Å². The van der Waals surface area contributed by atoms with E-state index in [9.17, 15) is 22.8 Å². The number of amides is 2. The van der Waals surface area contributed by atoms with Crippen LogP contribution in [0.1, 0.15) is 37.4 Å². The van der Waals surface area contributed by atoms with Crippen molar-refractivity contribution in [1.29, 1.82) is 0 Å². The van der Waals surface area contributed by atoms with Crippen molar-refractivity contribution in [2.75, 3.05) is 12.4 Å². The maximum Gasteiger partial charge on any atom is 0.423 e. The topological polar surface area (TPSA) is 117 Å². The van der Waals surface area contributed by atoms with Crippen LogP contribution < -0.4 is 15.5 Å². The first-order chi connectivity index (χ1) is 16.1. The molecule has 1 aliphatic rings. The van der Waals surface area contributed by atoms with Crippen molar-refractivity contribution < 1.29 is 32.7 Å². The number of carbonyl (C=O) groups is 2. The van der Waals surface area contributed by atoms with Gasteiger partial charge >= 0.3 is 6.18 Å². The minimum absolute atomic E-state index is 0.0439. The van der Waals surface area contributed by atoms with E-state index in [2.05, 4.69) is 15.3 Å². The number of rotatable bonds is 5. The van der Waals surface area contributed by atoms with Gasteiger partial charge in [0.1, 0.15) is 11.3 Å². The van der Waals surface area contributed by atoms with E-state index in [1.54, 1.807) is 26.1 Å². The molecule has 0 spiro atoms. The molecular formula is C22H18F3N5O4. The molecule has 0 fully saturated rings. The summed E-state index contributed by atoms with van der Waals surface area (Å²) in [5, 5.41) is 11.5. The Kier molecular flexibility index (Phi) is 5.83. The van der Waals surface area contributed by atoms with E-state index in [4.69, 9.17) is 9.94 Å². The fourth-order valence-corrected chi connectivity index (χ4v) is 3.49. The second kappa shape index (κ2) is 8.63. The molecule has 0 radical (unpaired) electrons. The number of aryl methyl sites for hydroxylation is 1. The van der Waals surface area contributed by atoms with Crippen molar-refractivity contribution in [2.45, 2.75) is 19.6 Å². The van der Waals surface area contributed by atoms with Gasteiger partial charge in [-0.25, -0.2) is 10.5 Å². The minimum atomic E-state index is -4.80. The smallest absolute Gasteiger partial charge is 0.423 e. The highest BCUT2D eigenvalue weighted by molar-refractivity contribution is 6.00. The Labute approximate surface area is 191 Å². The van der Waals surface area contributed by atoms with Crippen LogP contribution in [-0.4, -0.2) is 38.9 Å². The number of fused-ring (bicyclic) bond motifs is 1. The lowest BCUT2D eigenvalue weighted by atomic mass is 10.1. The van der Waals surface area contributed by atoms with Crippen molar-refractivity contribution in [3.05, 3.63) is 70.4 Å². The number of halogens is 3. The number of carbonyl (C=O) groups excluding carboxylic acids is 2. The van der Waals surface area contributed by atoms with Gasteiger partial charge in [-0.1, -0.05) is 12.1 Å². The zero-order chi connectivity index (χ0) is 24.6. The van der Waals surface area contributed by atoms with Gasteiger partial charge < -0.3 is 15.0 Å². The van der Waals surface area contributed by atoms with Gasteiger partial charge in [0.2, 0.25) is 11.8 Å². The first kappa shape index (κ1) is 23.0. The summed E-state index contributed by atoms with van der Waals surface area (Å²) in [6, 6.07) is 9.04. The van der Waals surface area contributed by atoms with Crippen molar-refractivity contribution in [3.63, 3.8) is 0 Å². The van der Waals surface area contributed by atoms with E-state index in [1.807, 2.05) is 0 Å². The maximum atomic E-state index is 13.6. The summed E-state index contributed by atoms with van der Waals surface area (Å²) >= 11 is 0. The molecule has 2 aromatic carbocycles. The standard InChI is InChI=1S/C22H18F3N5O4/c1-11-8-12(18(31)29-33)6-7-15(11)27-21-26-9-14(22(23,24)25)19(28-21)34-16-5-3-4-13-10-30(2)20(32)17(13)16/h3-9,33H,10H2,1-2H3,(H,29,31)(H,26,27,28). The Balaban J connectivity index is 1.70. The second-order valence-corrected chi connectivity index (χ2v) is 7.56. The van der Waals surface area contributed by atoms with Gasteiger partial charge in [-0.2, -0.15) is 18.2 Å². The van der Waals surface area contributed by atoms with Crippen molar-refractivity contribution in [3.8, 4) is 11.6 Å². The maximum absolute atomic E-state index is 13.6. The van der Waals surface area contributed by atoms with Gasteiger partial charge in [-0.05, 0) is 42.3 Å². The summed E-state index contributed by atoms with van der Waals surface area (Å²) in [5.74, 6) is -2.09. The Morgan fingerprint density at radius 2 is 2.00 bits per heavy atom. The van der Waals surface area contributed by atoms with E-state index in [-0.39, 0.29) is 28.7 Å². The van der Waals surface area contributed by atoms with Gasteiger partial charge in [-0.3, -0.25) is 14.8 Å². The number of nitrogens with zero attached hydrogens (tertiary/aromatic N) is 3. The largest absolute Gasteiger partial charge is 0.437 e. The van der Waals surface area contributed by atoms with Crippen LogP contribution in [0.15, 0.2) is 42.6 Å². The first-order valence-corrected chi connectivity index (χ1v) is 9.90. The predicted molar refractivity (Wildman–Crippen MR) is 113 cm³/mol. The molecule has 12 heteroatoms. The molecule has 3 aromatic rings. The molecule has 0 bridgehead atoms. The van der Waals surface area contributed by atoms with Gasteiger partial charge in [0.05, 0.1) is 5.56 Å². The van der Waals surface area contributed by atoms with Crippen LogP contribution in [0.5, 0.6) is 11.6 Å². The molecule has 4 rings (SSSR count). The Morgan fingerprint density at radius 1 is 1.24 bits per heavy atom. The fourth-order valence-electron chi connectivity index (χ4n) is 3.49. The molecule has 0 atom stereocenters. The lowest BCUT2D eigenvalue weighted by Crippen LogP contribution is -2.18. The number of hydrogen-bond acceptors (Lipinski definition) is 7. The van der Waals surface area contributed by atoms with Crippen molar-refractivity contribution in [2.24, 2.45) is 0 Å². The van der Waals surface area contributed by atoms with Crippen LogP contribution in [0.25, 0.3) is 0 Å². The zero-order valence-electron chi connectivity index (χ0n) is 17.9. The lowest BCUT2D eigenvalue weighted by molar-refractivity contribution is -0.139. The van der Waals surface area contributed by atoms with Crippen LogP contribution in [0, 0.1) is 6.92 Å². The molecule has 2 heterocycles. The van der Waals surface area contributed by atoms with E-state index < -0.39 is 23.5 Å². The number of hydroxylamine groups is 1. The van der Waals surface area contributed by atoms with Crippen LogP contribution in [-0.2, 0) is 12.7 Å². The average molecular weight is 473 g/mol. The number of anilines is 2. The fraction of sp³-hybridized carbons (Fsp3) is 0.182. The van der Waals surface area contributed by atoms with Crippen molar-refractivity contribution >= 4 is 23.5 Å². The number of benzene rings is 2. The molecule has 1 aliphatic heterocycles. The van der Waals surface area contributed by atoms with Gasteiger partial charge in [0.15, 0.2) is 0 Å². The molecule has 3 N–H and O–H groups in total. The normalized spacial score (nSPS) is 13.0. The third-order valence-corrected chi connectivity index (χ3v) is 5.18. The van der Waals surface area contributed by atoms with Crippen molar-refractivity contribution in [1.82, 2.24) is 20.3 Å². The number of ether oxygens (including phenoxy) is 1. The predicted octanol–water partition coefficient (Wildman–Crippen LogP) is 4.04. The molecule has 34 heavy (non-hydrogen) atoms. The molecular weight excluding hydrogens is 455 g/mol. The number of hydrogen-bond donors (Lipinski definition) is 3. The highest BCUT2D eigenvalue weighted by Gasteiger charge is 2.37. The van der Waals surface area contributed by atoms with Gasteiger partial charge in [0.25, 0.3) is 11.8 Å². The first-order valence-electron chi connectivity index (χ1n) is 9.90. The summed E-state index contributed by atoms with van der Waals surface area (Å²) in [7, 11) is 1.58. The summed E-state index contributed by atoms with van der Waals surface area (Å²) in [4.78, 5) is 33.1. The number of nitrogens with one attached hydrogen (secondary N) is 2. The molecule has 9 nitrogen and oxygen atoms in total. The quantitative estimate of drug-likeness (QED) is 0.378. The second-order valence-electron chi connectivity index (χ2n) is 7.56. The molecule has 0 saturated heterocycles. The summed E-state index contributed by atoms with van der Waals surface area (Å²) in [6.45, 7) is 1.96. The molecule has 0 saturated carbocycles. The molecule has 176 valence electrons. The molecule has 1 aromatic heterocycles. The van der Waals surface area contributed by atoms with Crippen LogP contribution in [0.4, 0.5) is 24.8 Å². The number of alkyl halides is 3. The zero-order valence-corrected chi connectivity index (χ0v) is 17.9. The monoisotopic (exact) mass is 473 g/mol. The summed E-state index contributed by atoms with van der Waals surface area (Å²) in [5.41, 5.74) is 2.26. The van der Waals surface area contributed by atoms with Gasteiger partial charge in [-0.15, -0.1) is 0 Å². The SMILES string of the molecule is Cc1cc(C(=O)NO)ccc1Nc1ncc(C(F)(F)F)c(Oc2cccc3c2C(=O)N(C)C3)n1. The van der Waals surface area contributed by atoms with Crippen LogP contribution >= 0.6 is 0 Å². The number of aromatic nitrogens is 2. The Morgan fingerprint density at radius 3 is 2.68 bits per heavy atom. The third-order valence-electron chi connectivity index (χ3n) is 5.18. The molecule has 0 unspecified atom stereocenters.